The summed E-state index contributed by atoms with van der Waals surface area (Å²) in [5, 5.41) is 4.57. The smallest absolute Gasteiger partial charge is 0.307 e. The molecule has 4 amide bonds. The normalized spacial score (nSPS) is 43.6. The van der Waals surface area contributed by atoms with E-state index >= 15 is 0 Å². The number of hydrogen-bond acceptors (Lipinski definition) is 6. The third-order valence-electron chi connectivity index (χ3n) is 5.54. The van der Waals surface area contributed by atoms with Gasteiger partial charge in [0.1, 0.15) is 5.76 Å². The van der Waals surface area contributed by atoms with Crippen LogP contribution in [0.5, 0.6) is 0 Å². The van der Waals surface area contributed by atoms with Crippen LogP contribution in [0.1, 0.15) is 13.8 Å². The molecular weight excluding hydrogens is 304 g/mol. The van der Waals surface area contributed by atoms with Crippen molar-refractivity contribution in [3.63, 3.8) is 0 Å². The number of amides is 4. The monoisotopic (exact) mass is 318 g/mol. The topological polar surface area (TPSA) is 119 Å². The standard InChI is InChI=1S/C15H14N2O6/c1-4(18)23-5-3-15(2)9-7(11(19)16-13(9)21)6(5)8-10(15)14(22)17-12(8)20/h3,6-10H,1-2H3,(H,16,19,21)(H,17,20,22)/t6?,7-,8+,9+,10-,15?. The lowest BCUT2D eigenvalue weighted by Gasteiger charge is -2.52. The molecule has 0 spiro atoms. The van der Waals surface area contributed by atoms with E-state index < -0.39 is 64.6 Å². The highest BCUT2D eigenvalue weighted by Gasteiger charge is 2.72. The Hall–Kier alpha value is -2.51. The summed E-state index contributed by atoms with van der Waals surface area (Å²) in [5.74, 6) is -6.10. The molecule has 2 heterocycles. The molecule has 2 bridgehead atoms. The number of imide groups is 2. The molecule has 1 saturated carbocycles. The Morgan fingerprint density at radius 1 is 0.957 bits per heavy atom. The van der Waals surface area contributed by atoms with Gasteiger partial charge in [-0.2, -0.15) is 0 Å². The number of allylic oxidation sites excluding steroid dienone is 2. The number of nitrogens with one attached hydrogen (secondary N) is 2. The van der Waals surface area contributed by atoms with E-state index in [9.17, 15) is 24.0 Å². The first kappa shape index (κ1) is 14.1. The molecule has 8 heteroatoms. The molecule has 5 rings (SSSR count). The van der Waals surface area contributed by atoms with Crippen molar-refractivity contribution in [1.29, 1.82) is 0 Å². The van der Waals surface area contributed by atoms with Crippen LogP contribution in [0.25, 0.3) is 0 Å². The molecule has 2 N–H and O–H groups in total. The lowest BCUT2D eigenvalue weighted by molar-refractivity contribution is -0.154. The van der Waals surface area contributed by atoms with E-state index in [-0.39, 0.29) is 5.76 Å². The van der Waals surface area contributed by atoms with Gasteiger partial charge >= 0.3 is 5.97 Å². The molecule has 6 atom stereocenters. The van der Waals surface area contributed by atoms with E-state index in [1.54, 1.807) is 13.0 Å². The summed E-state index contributed by atoms with van der Waals surface area (Å²) in [6.07, 6.45) is 1.58. The Kier molecular flexibility index (Phi) is 2.49. The van der Waals surface area contributed by atoms with Gasteiger partial charge in [-0.3, -0.25) is 34.6 Å². The van der Waals surface area contributed by atoms with Gasteiger partial charge < -0.3 is 4.74 Å². The number of carbonyl (C=O) groups excluding carboxylic acids is 5. The second kappa shape index (κ2) is 4.06. The van der Waals surface area contributed by atoms with Crippen LogP contribution >= 0.6 is 0 Å². The van der Waals surface area contributed by atoms with E-state index in [0.717, 1.165) is 0 Å². The highest BCUT2D eigenvalue weighted by molar-refractivity contribution is 6.11. The van der Waals surface area contributed by atoms with Gasteiger partial charge in [0.15, 0.2) is 0 Å². The van der Waals surface area contributed by atoms with Crippen molar-refractivity contribution in [2.24, 2.45) is 35.0 Å². The Morgan fingerprint density at radius 2 is 1.43 bits per heavy atom. The highest BCUT2D eigenvalue weighted by Crippen LogP contribution is 2.63. The van der Waals surface area contributed by atoms with Gasteiger partial charge in [0, 0.05) is 18.3 Å². The molecule has 5 aliphatic rings. The summed E-state index contributed by atoms with van der Waals surface area (Å²) in [6, 6.07) is 0. The second-order valence-electron chi connectivity index (χ2n) is 6.75. The van der Waals surface area contributed by atoms with Crippen LogP contribution in [-0.4, -0.2) is 29.6 Å². The van der Waals surface area contributed by atoms with Gasteiger partial charge in [0.05, 0.1) is 23.7 Å². The van der Waals surface area contributed by atoms with Crippen LogP contribution in [0, 0.1) is 35.0 Å². The molecule has 8 nitrogen and oxygen atoms in total. The molecule has 0 aromatic carbocycles. The molecule has 2 saturated heterocycles. The first-order valence-corrected chi connectivity index (χ1v) is 7.36. The van der Waals surface area contributed by atoms with E-state index in [2.05, 4.69) is 10.6 Å². The maximum absolute atomic E-state index is 12.2. The number of hydrogen-bond donors (Lipinski definition) is 2. The van der Waals surface area contributed by atoms with Crippen LogP contribution < -0.4 is 10.6 Å². The number of esters is 1. The highest BCUT2D eigenvalue weighted by atomic mass is 16.5. The number of ether oxygens (including phenoxy) is 1. The van der Waals surface area contributed by atoms with Crippen molar-refractivity contribution in [3.8, 4) is 0 Å². The van der Waals surface area contributed by atoms with Crippen molar-refractivity contribution < 1.29 is 28.7 Å². The van der Waals surface area contributed by atoms with E-state index in [1.807, 2.05) is 0 Å². The van der Waals surface area contributed by atoms with E-state index in [0.29, 0.717) is 0 Å². The molecule has 0 aromatic rings. The molecule has 2 aliphatic heterocycles. The van der Waals surface area contributed by atoms with Crippen LogP contribution in [0.4, 0.5) is 0 Å². The van der Waals surface area contributed by atoms with Gasteiger partial charge in [0.2, 0.25) is 23.6 Å². The minimum atomic E-state index is -1.05. The summed E-state index contributed by atoms with van der Waals surface area (Å²) in [7, 11) is 0. The molecule has 3 fully saturated rings. The van der Waals surface area contributed by atoms with Gasteiger partial charge in [-0.25, -0.2) is 0 Å². The van der Waals surface area contributed by atoms with Crippen LogP contribution in [0.15, 0.2) is 11.8 Å². The molecule has 120 valence electrons. The zero-order valence-electron chi connectivity index (χ0n) is 12.4. The Labute approximate surface area is 130 Å². The Morgan fingerprint density at radius 3 is 1.87 bits per heavy atom. The lowest BCUT2D eigenvalue weighted by Crippen LogP contribution is -2.58. The average molecular weight is 318 g/mol. The van der Waals surface area contributed by atoms with Crippen LogP contribution in [0.3, 0.4) is 0 Å². The fourth-order valence-electron chi connectivity index (χ4n) is 4.89. The fourth-order valence-corrected chi connectivity index (χ4v) is 4.89. The summed E-state index contributed by atoms with van der Waals surface area (Å²) in [4.78, 5) is 60.3. The maximum Gasteiger partial charge on any atom is 0.307 e. The van der Waals surface area contributed by atoms with Crippen molar-refractivity contribution in [1.82, 2.24) is 10.6 Å². The minimum Gasteiger partial charge on any atom is -0.431 e. The first-order chi connectivity index (χ1) is 10.8. The molecule has 2 unspecified atom stereocenters. The van der Waals surface area contributed by atoms with E-state index in [4.69, 9.17) is 4.74 Å². The minimum absolute atomic E-state index is 0.206. The fraction of sp³-hybridized carbons (Fsp3) is 0.533. The van der Waals surface area contributed by atoms with Gasteiger partial charge in [-0.15, -0.1) is 0 Å². The van der Waals surface area contributed by atoms with Gasteiger partial charge in [0.25, 0.3) is 0 Å². The average Bonchev–Trinajstić information content (AvgIpc) is 2.89. The molecule has 0 radical (unpaired) electrons. The Balaban J connectivity index is 1.94. The SMILES string of the molecule is CC(=O)OC1=CC2(C)[C@@H]3C(=O)NC(=O)[C@@H]3C1[C@@H]1C(=O)NC(=O)[C@@H]12. The van der Waals surface area contributed by atoms with Gasteiger partial charge in [-0.05, 0) is 6.08 Å². The summed E-state index contributed by atoms with van der Waals surface area (Å²) in [6.45, 7) is 2.89. The molecule has 0 aromatic heterocycles. The zero-order valence-corrected chi connectivity index (χ0v) is 12.4. The summed E-state index contributed by atoms with van der Waals surface area (Å²) in [5.41, 5.74) is -1.05. The molecule has 3 aliphatic carbocycles. The quantitative estimate of drug-likeness (QED) is 0.466. The zero-order chi connectivity index (χ0) is 16.7. The second-order valence-corrected chi connectivity index (χ2v) is 6.75. The van der Waals surface area contributed by atoms with Crippen LogP contribution in [0.2, 0.25) is 0 Å². The summed E-state index contributed by atoms with van der Waals surface area (Å²) >= 11 is 0. The third kappa shape index (κ3) is 1.53. The Bertz CT molecular complexity index is 696. The summed E-state index contributed by atoms with van der Waals surface area (Å²) < 4.78 is 5.21. The lowest BCUT2D eigenvalue weighted by atomic mass is 9.47. The third-order valence-corrected chi connectivity index (χ3v) is 5.54. The molecule has 23 heavy (non-hydrogen) atoms. The largest absolute Gasteiger partial charge is 0.431 e. The van der Waals surface area contributed by atoms with Crippen LogP contribution in [-0.2, 0) is 28.7 Å². The van der Waals surface area contributed by atoms with Crippen molar-refractivity contribution in [2.75, 3.05) is 0 Å². The van der Waals surface area contributed by atoms with Crippen molar-refractivity contribution in [2.45, 2.75) is 13.8 Å². The maximum atomic E-state index is 12.2. The van der Waals surface area contributed by atoms with E-state index in [1.165, 1.54) is 6.92 Å². The number of rotatable bonds is 1. The number of carbonyl (C=O) groups is 5. The first-order valence-electron chi connectivity index (χ1n) is 7.36. The van der Waals surface area contributed by atoms with Crippen molar-refractivity contribution >= 4 is 29.6 Å². The predicted octanol–water partition coefficient (Wildman–Crippen LogP) is -1.14. The predicted molar refractivity (Wildman–Crippen MR) is 71.7 cm³/mol. The van der Waals surface area contributed by atoms with Gasteiger partial charge in [-0.1, -0.05) is 6.92 Å². The molecular formula is C15H14N2O6. The van der Waals surface area contributed by atoms with Crippen molar-refractivity contribution in [3.05, 3.63) is 11.8 Å².